The number of rotatable bonds is 7. The highest BCUT2D eigenvalue weighted by Gasteiger charge is 2.33. The molecule has 0 saturated carbocycles. The van der Waals surface area contributed by atoms with Gasteiger partial charge in [-0.2, -0.15) is 0 Å². The van der Waals surface area contributed by atoms with E-state index in [2.05, 4.69) is 4.72 Å². The van der Waals surface area contributed by atoms with E-state index in [1.807, 2.05) is 0 Å². The second-order valence-electron chi connectivity index (χ2n) is 8.19. The molecule has 7 heteroatoms. The summed E-state index contributed by atoms with van der Waals surface area (Å²) in [7, 11) is 0. The van der Waals surface area contributed by atoms with Gasteiger partial charge < -0.3 is 9.29 Å². The third-order valence-corrected chi connectivity index (χ3v) is 6.26. The van der Waals surface area contributed by atoms with Crippen LogP contribution in [-0.2, 0) is 20.9 Å². The lowest BCUT2D eigenvalue weighted by Crippen LogP contribution is -2.42. The predicted molar refractivity (Wildman–Crippen MR) is 116 cm³/mol. The first-order valence-corrected chi connectivity index (χ1v) is 11.0. The lowest BCUT2D eigenvalue weighted by molar-refractivity contribution is -0.143. The molecule has 0 saturated heterocycles. The fourth-order valence-corrected chi connectivity index (χ4v) is 3.92. The Kier molecular flexibility index (Phi) is 8.02. The molecule has 0 heterocycles. The molecule has 2 unspecified atom stereocenters. The molecule has 2 aromatic rings. The molecule has 0 spiro atoms. The van der Waals surface area contributed by atoms with Crippen LogP contribution >= 0.6 is 0 Å². The fraction of sp³-hybridized carbons (Fsp3) is 0.435. The van der Waals surface area contributed by atoms with Gasteiger partial charge in [-0.15, -0.1) is 4.72 Å². The van der Waals surface area contributed by atoms with Crippen LogP contribution in [0.3, 0.4) is 0 Å². The average molecular weight is 438 g/mol. The predicted octanol–water partition coefficient (Wildman–Crippen LogP) is 5.29. The van der Waals surface area contributed by atoms with E-state index < -0.39 is 39.8 Å². The molecule has 0 aromatic heterocycles. The third-order valence-electron chi connectivity index (χ3n) is 4.65. The summed E-state index contributed by atoms with van der Waals surface area (Å²) in [6.45, 7) is 10.6. The molecule has 0 amide bonds. The Morgan fingerprint density at radius 1 is 1.20 bits per heavy atom. The second-order valence-corrected chi connectivity index (χ2v) is 10.2. The monoisotopic (exact) mass is 437 g/mol. The molecule has 0 aliphatic rings. The zero-order chi connectivity index (χ0) is 22.6. The molecular weight excluding hydrogens is 408 g/mol. The molecule has 0 radical (unpaired) electrons. The Morgan fingerprint density at radius 3 is 2.43 bits per heavy atom. The van der Waals surface area contributed by atoms with Crippen molar-refractivity contribution in [3.63, 3.8) is 0 Å². The van der Waals surface area contributed by atoms with Crippen LogP contribution in [0.4, 0.5) is 8.78 Å². The lowest BCUT2D eigenvalue weighted by atomic mass is 9.93. The number of benzene rings is 2. The van der Waals surface area contributed by atoms with E-state index in [9.17, 15) is 13.7 Å². The van der Waals surface area contributed by atoms with Gasteiger partial charge in [0.2, 0.25) is 0 Å². The maximum absolute atomic E-state index is 15.1. The number of halogens is 2. The van der Waals surface area contributed by atoms with Crippen molar-refractivity contribution in [2.45, 2.75) is 58.8 Å². The van der Waals surface area contributed by atoms with Crippen LogP contribution in [0.15, 0.2) is 30.3 Å². The van der Waals surface area contributed by atoms with Crippen LogP contribution in [0.5, 0.6) is 0 Å². The molecule has 164 valence electrons. The molecule has 30 heavy (non-hydrogen) atoms. The second kappa shape index (κ2) is 9.90. The van der Waals surface area contributed by atoms with Gasteiger partial charge in [-0.1, -0.05) is 12.1 Å². The van der Waals surface area contributed by atoms with Crippen LogP contribution in [-0.4, -0.2) is 21.9 Å². The molecule has 2 rings (SSSR count). The van der Waals surface area contributed by atoms with Crippen LogP contribution in [0.1, 0.15) is 56.8 Å². The summed E-state index contributed by atoms with van der Waals surface area (Å²) < 4.78 is 49.7. The highest BCUT2D eigenvalue weighted by atomic mass is 32.2. The number of ether oxygens (including phenoxy) is 1. The van der Waals surface area contributed by atoms with E-state index in [-0.39, 0.29) is 18.6 Å². The van der Waals surface area contributed by atoms with Crippen molar-refractivity contribution in [3.05, 3.63) is 58.7 Å². The van der Waals surface area contributed by atoms with Crippen LogP contribution in [0.2, 0.25) is 0 Å². The first-order valence-electron chi connectivity index (χ1n) is 9.84. The number of hydrogen-bond acceptors (Lipinski definition) is 4. The standard InChI is InChI=1S/C23H29F2NO3S/c1-7-29-20(27)13-19(26-30(28)23(4,5)6)17-12-16(11-15(3)22(17)25)21-14(2)9-8-10-18(21)24/h8-12,19,26H,7,13H2,1-6H3. The maximum atomic E-state index is 15.1. The highest BCUT2D eigenvalue weighted by Crippen LogP contribution is 2.33. The fourth-order valence-electron chi connectivity index (χ4n) is 3.10. The lowest BCUT2D eigenvalue weighted by Gasteiger charge is -2.28. The quantitative estimate of drug-likeness (QED) is 0.472. The van der Waals surface area contributed by atoms with Gasteiger partial charge in [0.25, 0.3) is 0 Å². The van der Waals surface area contributed by atoms with Crippen molar-refractivity contribution >= 4 is 17.3 Å². The van der Waals surface area contributed by atoms with Crippen LogP contribution < -0.4 is 4.72 Å². The highest BCUT2D eigenvalue weighted by molar-refractivity contribution is 7.90. The number of carbonyl (C=O) groups excluding carboxylic acids is 1. The normalized spacial score (nSPS) is 13.8. The molecule has 0 aliphatic carbocycles. The minimum absolute atomic E-state index is 0.151. The van der Waals surface area contributed by atoms with Gasteiger partial charge in [-0.05, 0) is 76.4 Å². The van der Waals surface area contributed by atoms with Gasteiger partial charge in [0.15, 0.2) is 0 Å². The molecule has 2 atom stereocenters. The summed E-state index contributed by atoms with van der Waals surface area (Å²) in [5.74, 6) is -1.48. The molecule has 0 bridgehead atoms. The van der Waals surface area contributed by atoms with Gasteiger partial charge in [0, 0.05) is 22.5 Å². The van der Waals surface area contributed by atoms with Crippen molar-refractivity contribution in [1.82, 2.24) is 4.72 Å². The van der Waals surface area contributed by atoms with E-state index >= 15 is 4.39 Å². The van der Waals surface area contributed by atoms with Crippen molar-refractivity contribution < 1.29 is 22.9 Å². The Morgan fingerprint density at radius 2 is 1.87 bits per heavy atom. The van der Waals surface area contributed by atoms with Crippen molar-refractivity contribution in [3.8, 4) is 11.1 Å². The summed E-state index contributed by atoms with van der Waals surface area (Å²) in [6, 6.07) is 6.94. The third kappa shape index (κ3) is 5.80. The number of hydrogen-bond donors (Lipinski definition) is 1. The van der Waals surface area contributed by atoms with Crippen LogP contribution in [0.25, 0.3) is 11.1 Å². The Hall–Kier alpha value is -1.96. The first kappa shape index (κ1) is 24.3. The molecule has 0 fully saturated rings. The van der Waals surface area contributed by atoms with Gasteiger partial charge in [0.1, 0.15) is 16.4 Å². The number of aryl methyl sites for hydroxylation is 2. The zero-order valence-corrected chi connectivity index (χ0v) is 19.1. The maximum Gasteiger partial charge on any atom is 0.307 e. The first-order chi connectivity index (χ1) is 14.0. The minimum atomic E-state index is -1.56. The summed E-state index contributed by atoms with van der Waals surface area (Å²) in [5.41, 5.74) is 2.03. The SMILES string of the molecule is CCOC(=O)CC(N[S+]([O-])C(C)(C)C)c1cc(-c2c(C)cccc2F)cc(C)c1F. The Labute approximate surface area is 180 Å². The number of nitrogens with one attached hydrogen (secondary N) is 1. The van der Waals surface area contributed by atoms with Gasteiger partial charge >= 0.3 is 5.97 Å². The molecule has 0 aliphatic heterocycles. The largest absolute Gasteiger partial charge is 0.598 e. The molecule has 4 nitrogen and oxygen atoms in total. The summed E-state index contributed by atoms with van der Waals surface area (Å²) in [4.78, 5) is 12.2. The summed E-state index contributed by atoms with van der Waals surface area (Å²) in [5, 5.41) is 0. The van der Waals surface area contributed by atoms with Crippen molar-refractivity contribution in [1.29, 1.82) is 0 Å². The van der Waals surface area contributed by atoms with E-state index in [1.54, 1.807) is 59.7 Å². The number of carbonyl (C=O) groups is 1. The van der Waals surface area contributed by atoms with Gasteiger partial charge in [-0.3, -0.25) is 4.79 Å². The Balaban J connectivity index is 2.58. The smallest absolute Gasteiger partial charge is 0.307 e. The van der Waals surface area contributed by atoms with E-state index in [4.69, 9.17) is 4.74 Å². The topological polar surface area (TPSA) is 61.4 Å². The van der Waals surface area contributed by atoms with E-state index in [1.165, 1.54) is 12.1 Å². The van der Waals surface area contributed by atoms with E-state index in [0.717, 1.165) is 0 Å². The van der Waals surface area contributed by atoms with Crippen molar-refractivity contribution in [2.24, 2.45) is 0 Å². The van der Waals surface area contributed by atoms with Gasteiger partial charge in [-0.25, -0.2) is 8.78 Å². The Bertz CT molecular complexity index is 892. The average Bonchev–Trinajstić information content (AvgIpc) is 2.63. The summed E-state index contributed by atoms with van der Waals surface area (Å²) in [6.07, 6.45) is -0.203. The molecule has 1 N–H and O–H groups in total. The number of esters is 1. The molecular formula is C23H29F2NO3S. The zero-order valence-electron chi connectivity index (χ0n) is 18.3. The van der Waals surface area contributed by atoms with Gasteiger partial charge in [0.05, 0.1) is 19.1 Å². The summed E-state index contributed by atoms with van der Waals surface area (Å²) >= 11 is -1.56. The van der Waals surface area contributed by atoms with E-state index in [0.29, 0.717) is 22.3 Å². The molecule has 2 aromatic carbocycles. The van der Waals surface area contributed by atoms with Crippen molar-refractivity contribution in [2.75, 3.05) is 6.61 Å². The van der Waals surface area contributed by atoms with Crippen LogP contribution in [0, 0.1) is 25.5 Å². The minimum Gasteiger partial charge on any atom is -0.598 e.